The summed E-state index contributed by atoms with van der Waals surface area (Å²) >= 11 is 0. The third kappa shape index (κ3) is 3.58. The molecule has 0 aliphatic heterocycles. The minimum absolute atomic E-state index is 0.382. The molecule has 0 aliphatic carbocycles. The van der Waals surface area contributed by atoms with Crippen LogP contribution in [0.4, 0.5) is 13.2 Å². The molecule has 0 saturated carbocycles. The predicted octanol–water partition coefficient (Wildman–Crippen LogP) is 3.93. The highest BCUT2D eigenvalue weighted by molar-refractivity contribution is 5.92. The smallest absolute Gasteiger partial charge is 0.478 e. The fourth-order valence-electron chi connectivity index (χ4n) is 1.85. The van der Waals surface area contributed by atoms with E-state index in [-0.39, 0.29) is 0 Å². The van der Waals surface area contributed by atoms with Crippen LogP contribution in [0.5, 0.6) is 5.75 Å². The number of benzene rings is 2. The Balaban J connectivity index is 2.47. The molecular weight excluding hydrogens is 297 g/mol. The van der Waals surface area contributed by atoms with Gasteiger partial charge in [-0.05, 0) is 35.4 Å². The Morgan fingerprint density at radius 3 is 2.18 bits per heavy atom. The Labute approximate surface area is 124 Å². The molecule has 0 amide bonds. The van der Waals surface area contributed by atoms with Crippen molar-refractivity contribution in [3.63, 3.8) is 0 Å². The minimum Gasteiger partial charge on any atom is -0.478 e. The van der Waals surface area contributed by atoms with Gasteiger partial charge in [0, 0.05) is 5.56 Å². The maximum atomic E-state index is 12.4. The number of hydrogen-bond donors (Lipinski definition) is 1. The van der Waals surface area contributed by atoms with Crippen LogP contribution in [0, 0.1) is 12.3 Å². The summed E-state index contributed by atoms with van der Waals surface area (Å²) in [7, 11) is 0. The van der Waals surface area contributed by atoms with Crippen molar-refractivity contribution in [2.75, 3.05) is 0 Å². The zero-order valence-electron chi connectivity index (χ0n) is 11.0. The predicted molar refractivity (Wildman–Crippen MR) is 73.5 cm³/mol. The van der Waals surface area contributed by atoms with E-state index in [0.29, 0.717) is 16.7 Å². The quantitative estimate of drug-likeness (QED) is 0.874. The summed E-state index contributed by atoms with van der Waals surface area (Å²) in [5, 5.41) is 8.92. The number of rotatable bonds is 3. The number of aromatic carboxylic acids is 1. The summed E-state index contributed by atoms with van der Waals surface area (Å²) in [5.41, 5.74) is 1.02. The third-order valence-corrected chi connectivity index (χ3v) is 2.82. The Morgan fingerprint density at radius 2 is 1.68 bits per heavy atom. The van der Waals surface area contributed by atoms with Gasteiger partial charge in [0.25, 0.3) is 0 Å². The van der Waals surface area contributed by atoms with Crippen molar-refractivity contribution < 1.29 is 27.8 Å². The average molecular weight is 306 g/mol. The Morgan fingerprint density at radius 1 is 1.09 bits per heavy atom. The largest absolute Gasteiger partial charge is 0.573 e. The van der Waals surface area contributed by atoms with Crippen molar-refractivity contribution in [3.8, 4) is 29.2 Å². The van der Waals surface area contributed by atoms with Crippen molar-refractivity contribution in [2.24, 2.45) is 0 Å². The Bertz CT molecular complexity index is 741. The van der Waals surface area contributed by atoms with Crippen LogP contribution >= 0.6 is 0 Å². The topological polar surface area (TPSA) is 46.5 Å². The van der Waals surface area contributed by atoms with Gasteiger partial charge in [0.05, 0.1) is 0 Å². The second kappa shape index (κ2) is 5.82. The fourth-order valence-corrected chi connectivity index (χ4v) is 1.85. The van der Waals surface area contributed by atoms with Crippen LogP contribution in [0.15, 0.2) is 42.5 Å². The molecule has 2 rings (SSSR count). The molecule has 0 aromatic heterocycles. The molecule has 0 atom stereocenters. The number of carbonyl (C=O) groups is 1. The highest BCUT2D eigenvalue weighted by Crippen LogP contribution is 2.31. The number of alkyl halides is 3. The summed E-state index contributed by atoms with van der Waals surface area (Å²) in [6.45, 7) is 0. The van der Waals surface area contributed by atoms with Gasteiger partial charge in [-0.25, -0.2) is 4.79 Å². The molecule has 2 aromatic rings. The molecular formula is C16H9F3O3. The van der Waals surface area contributed by atoms with Crippen LogP contribution in [-0.4, -0.2) is 17.4 Å². The van der Waals surface area contributed by atoms with E-state index >= 15 is 0 Å². The van der Waals surface area contributed by atoms with Crippen LogP contribution in [-0.2, 0) is 0 Å². The first-order chi connectivity index (χ1) is 10.3. The molecule has 0 heterocycles. The van der Waals surface area contributed by atoms with E-state index in [1.807, 2.05) is 0 Å². The maximum Gasteiger partial charge on any atom is 0.573 e. The number of carboxylic acid groups (broad SMARTS) is 1. The van der Waals surface area contributed by atoms with E-state index in [1.54, 1.807) is 24.3 Å². The summed E-state index contributed by atoms with van der Waals surface area (Å²) in [6, 6.07) is 10.0. The average Bonchev–Trinajstić information content (AvgIpc) is 2.45. The lowest BCUT2D eigenvalue weighted by atomic mass is 10.0. The third-order valence-electron chi connectivity index (χ3n) is 2.82. The van der Waals surface area contributed by atoms with E-state index in [1.165, 1.54) is 6.07 Å². The van der Waals surface area contributed by atoms with Gasteiger partial charge in [0.15, 0.2) is 0 Å². The number of terminal acetylenes is 1. The lowest BCUT2D eigenvalue weighted by Crippen LogP contribution is -2.19. The van der Waals surface area contributed by atoms with Gasteiger partial charge in [0.2, 0.25) is 0 Å². The normalized spacial score (nSPS) is 10.8. The molecule has 0 spiro atoms. The molecule has 0 aliphatic rings. The molecule has 0 saturated heterocycles. The van der Waals surface area contributed by atoms with Crippen LogP contribution < -0.4 is 4.74 Å². The van der Waals surface area contributed by atoms with Crippen LogP contribution in [0.3, 0.4) is 0 Å². The second-order valence-electron chi connectivity index (χ2n) is 4.29. The molecule has 22 heavy (non-hydrogen) atoms. The molecule has 3 nitrogen and oxygen atoms in total. The molecule has 0 unspecified atom stereocenters. The van der Waals surface area contributed by atoms with Crippen molar-refractivity contribution in [3.05, 3.63) is 53.6 Å². The second-order valence-corrected chi connectivity index (χ2v) is 4.29. The monoisotopic (exact) mass is 306 g/mol. The molecule has 0 fully saturated rings. The molecule has 112 valence electrons. The molecule has 0 bridgehead atoms. The van der Waals surface area contributed by atoms with Crippen molar-refractivity contribution in [1.29, 1.82) is 0 Å². The van der Waals surface area contributed by atoms with Gasteiger partial charge < -0.3 is 9.84 Å². The Hall–Kier alpha value is -2.94. The summed E-state index contributed by atoms with van der Waals surface area (Å²) in [4.78, 5) is 11.0. The zero-order valence-corrected chi connectivity index (χ0v) is 11.0. The van der Waals surface area contributed by atoms with Crippen molar-refractivity contribution >= 4 is 5.97 Å². The van der Waals surface area contributed by atoms with E-state index < -0.39 is 23.6 Å². The van der Waals surface area contributed by atoms with E-state index in [4.69, 9.17) is 11.5 Å². The van der Waals surface area contributed by atoms with Crippen LogP contribution in [0.1, 0.15) is 15.9 Å². The number of carboxylic acids is 1. The van der Waals surface area contributed by atoms with E-state index in [0.717, 1.165) is 12.1 Å². The first-order valence-electron chi connectivity index (χ1n) is 6.00. The van der Waals surface area contributed by atoms with Gasteiger partial charge in [-0.3, -0.25) is 0 Å². The van der Waals surface area contributed by atoms with Gasteiger partial charge in [0.1, 0.15) is 11.3 Å². The summed E-state index contributed by atoms with van der Waals surface area (Å²) in [5.74, 6) is 0.150. The minimum atomic E-state index is -4.98. The molecule has 1 N–H and O–H groups in total. The van der Waals surface area contributed by atoms with E-state index in [9.17, 15) is 18.0 Å². The van der Waals surface area contributed by atoms with Gasteiger partial charge >= 0.3 is 12.3 Å². The first kappa shape index (κ1) is 15.4. The zero-order chi connectivity index (χ0) is 16.3. The SMILES string of the molecule is C#Cc1ccc(-c2ccc(C(=O)O)c(OC(F)(F)F)c2)cc1. The van der Waals surface area contributed by atoms with Crippen LogP contribution in [0.2, 0.25) is 0 Å². The molecule has 2 aromatic carbocycles. The Kier molecular flexibility index (Phi) is 4.08. The lowest BCUT2D eigenvalue weighted by molar-refractivity contribution is -0.274. The standard InChI is InChI=1S/C16H9F3O3/c1-2-10-3-5-11(6-4-10)12-7-8-13(15(20)21)14(9-12)22-16(17,18)19/h1,3-9H,(H,20,21). The van der Waals surface area contributed by atoms with Crippen molar-refractivity contribution in [2.45, 2.75) is 6.36 Å². The van der Waals surface area contributed by atoms with Gasteiger partial charge in [-0.15, -0.1) is 19.6 Å². The highest BCUT2D eigenvalue weighted by Gasteiger charge is 2.33. The summed E-state index contributed by atoms with van der Waals surface area (Å²) in [6.07, 6.45) is 0.249. The first-order valence-corrected chi connectivity index (χ1v) is 6.00. The molecule has 0 radical (unpaired) electrons. The fraction of sp³-hybridized carbons (Fsp3) is 0.0625. The van der Waals surface area contributed by atoms with E-state index in [2.05, 4.69) is 10.7 Å². The highest BCUT2D eigenvalue weighted by atomic mass is 19.4. The summed E-state index contributed by atoms with van der Waals surface area (Å²) < 4.78 is 40.9. The van der Waals surface area contributed by atoms with Gasteiger partial charge in [-0.1, -0.05) is 24.1 Å². The number of hydrogen-bond acceptors (Lipinski definition) is 2. The molecule has 6 heteroatoms. The van der Waals surface area contributed by atoms with Crippen LogP contribution in [0.25, 0.3) is 11.1 Å². The lowest BCUT2D eigenvalue weighted by Gasteiger charge is -2.13. The maximum absolute atomic E-state index is 12.4. The van der Waals surface area contributed by atoms with Gasteiger partial charge in [-0.2, -0.15) is 0 Å². The number of ether oxygens (including phenoxy) is 1. The van der Waals surface area contributed by atoms with Crippen molar-refractivity contribution in [1.82, 2.24) is 0 Å². The number of halogens is 3.